The van der Waals surface area contributed by atoms with E-state index >= 15 is 0 Å². The van der Waals surface area contributed by atoms with Crippen LogP contribution in [-0.4, -0.2) is 10.8 Å². The second-order valence-electron chi connectivity index (χ2n) is 6.01. The van der Waals surface area contributed by atoms with Crippen LogP contribution < -0.4 is 4.74 Å². The maximum absolute atomic E-state index is 12.4. The molecular weight excluding hydrogens is 310 g/mol. The van der Waals surface area contributed by atoms with E-state index < -0.39 is 0 Å². The molecule has 1 aromatic heterocycles. The van der Waals surface area contributed by atoms with Gasteiger partial charge in [0.05, 0.1) is 5.69 Å². The molecular formula is C22H17NO2. The highest BCUT2D eigenvalue weighted by molar-refractivity contribution is 6.15. The molecule has 3 aromatic rings. The predicted molar refractivity (Wildman–Crippen MR) is 97.5 cm³/mol. The first-order valence-corrected chi connectivity index (χ1v) is 8.25. The zero-order valence-corrected chi connectivity index (χ0v) is 13.7. The number of nitrogens with zero attached hydrogens (tertiary/aromatic N) is 1. The number of aromatic nitrogens is 1. The number of ketones is 1. The number of carbonyl (C=O) groups excluding carboxylic acids is 1. The Morgan fingerprint density at radius 3 is 2.52 bits per heavy atom. The predicted octanol–water partition coefficient (Wildman–Crippen LogP) is 4.48. The molecule has 1 aliphatic rings. The quantitative estimate of drug-likeness (QED) is 0.663. The lowest BCUT2D eigenvalue weighted by Crippen LogP contribution is -1.97. The Labute approximate surface area is 146 Å². The number of fused-ring (bicyclic) bond motifs is 1. The smallest absolute Gasteiger partial charge is 0.189 e. The molecule has 0 fully saturated rings. The van der Waals surface area contributed by atoms with Gasteiger partial charge in [-0.3, -0.25) is 9.78 Å². The van der Waals surface area contributed by atoms with Crippen LogP contribution in [0.4, 0.5) is 0 Å². The Bertz CT molecular complexity index is 928. The highest BCUT2D eigenvalue weighted by Gasteiger charge is 2.23. The lowest BCUT2D eigenvalue weighted by molar-refractivity contribution is 0.104. The summed E-state index contributed by atoms with van der Waals surface area (Å²) in [5.74, 6) is 0.917. The molecule has 0 atom stereocenters. The van der Waals surface area contributed by atoms with Crippen LogP contribution in [0.15, 0.2) is 78.5 Å². The summed E-state index contributed by atoms with van der Waals surface area (Å²) in [5, 5.41) is 0. The van der Waals surface area contributed by atoms with Crippen LogP contribution in [0.2, 0.25) is 0 Å². The molecule has 0 bridgehead atoms. The topological polar surface area (TPSA) is 39.2 Å². The van der Waals surface area contributed by atoms with Crippen LogP contribution >= 0.6 is 0 Å². The van der Waals surface area contributed by atoms with Gasteiger partial charge in [0.15, 0.2) is 5.78 Å². The van der Waals surface area contributed by atoms with Crippen molar-refractivity contribution in [3.8, 4) is 5.75 Å². The van der Waals surface area contributed by atoms with E-state index in [-0.39, 0.29) is 5.78 Å². The number of ether oxygens (including phenoxy) is 1. The fourth-order valence-corrected chi connectivity index (χ4v) is 2.97. The van der Waals surface area contributed by atoms with Gasteiger partial charge in [-0.2, -0.15) is 0 Å². The van der Waals surface area contributed by atoms with Gasteiger partial charge in [-0.1, -0.05) is 42.5 Å². The van der Waals surface area contributed by atoms with Crippen molar-refractivity contribution in [1.82, 2.24) is 4.98 Å². The average molecular weight is 327 g/mol. The van der Waals surface area contributed by atoms with E-state index in [1.807, 2.05) is 72.8 Å². The average Bonchev–Trinajstić information content (AvgIpc) is 2.98. The van der Waals surface area contributed by atoms with Gasteiger partial charge in [0, 0.05) is 23.8 Å². The molecule has 0 saturated carbocycles. The third-order valence-corrected chi connectivity index (χ3v) is 4.27. The number of pyridine rings is 1. The Hall–Kier alpha value is -3.20. The first-order valence-electron chi connectivity index (χ1n) is 8.25. The second kappa shape index (κ2) is 6.73. The van der Waals surface area contributed by atoms with Crippen molar-refractivity contribution in [1.29, 1.82) is 0 Å². The molecule has 0 unspecified atom stereocenters. The van der Waals surface area contributed by atoms with Crippen molar-refractivity contribution in [3.63, 3.8) is 0 Å². The lowest BCUT2D eigenvalue weighted by Gasteiger charge is -2.06. The second-order valence-corrected chi connectivity index (χ2v) is 6.01. The number of hydrogen-bond donors (Lipinski definition) is 0. The Morgan fingerprint density at radius 2 is 1.76 bits per heavy atom. The SMILES string of the molecule is O=C1C(=Cc2ccc(OCc3ccccn3)cc2)Cc2ccccc21. The third-order valence-electron chi connectivity index (χ3n) is 4.27. The minimum atomic E-state index is 0.131. The standard InChI is InChI=1S/C22H17NO2/c24-22-18(14-17-5-1-2-7-21(17)22)13-16-8-10-20(11-9-16)25-15-19-6-3-4-12-23-19/h1-13H,14-15H2. The van der Waals surface area contributed by atoms with Crippen molar-refractivity contribution >= 4 is 11.9 Å². The van der Waals surface area contributed by atoms with Crippen molar-refractivity contribution < 1.29 is 9.53 Å². The molecule has 0 amide bonds. The largest absolute Gasteiger partial charge is 0.487 e. The summed E-state index contributed by atoms with van der Waals surface area (Å²) in [6.45, 7) is 0.440. The molecule has 122 valence electrons. The van der Waals surface area contributed by atoms with Crippen LogP contribution in [-0.2, 0) is 13.0 Å². The van der Waals surface area contributed by atoms with Gasteiger partial charge in [-0.15, -0.1) is 0 Å². The maximum atomic E-state index is 12.4. The van der Waals surface area contributed by atoms with Gasteiger partial charge in [-0.05, 0) is 41.5 Å². The van der Waals surface area contributed by atoms with Gasteiger partial charge < -0.3 is 4.74 Å². The Morgan fingerprint density at radius 1 is 0.960 bits per heavy atom. The molecule has 3 heteroatoms. The number of rotatable bonds is 4. The summed E-state index contributed by atoms with van der Waals surface area (Å²) in [4.78, 5) is 16.7. The summed E-state index contributed by atoms with van der Waals surface area (Å²) in [6, 6.07) is 21.3. The summed E-state index contributed by atoms with van der Waals surface area (Å²) >= 11 is 0. The Balaban J connectivity index is 1.45. The van der Waals surface area contributed by atoms with Crippen molar-refractivity contribution in [2.75, 3.05) is 0 Å². The van der Waals surface area contributed by atoms with Crippen molar-refractivity contribution in [3.05, 3.63) is 101 Å². The summed E-state index contributed by atoms with van der Waals surface area (Å²) in [5.41, 5.74) is 4.66. The van der Waals surface area contributed by atoms with Crippen LogP contribution in [0.5, 0.6) is 5.75 Å². The molecule has 1 aliphatic carbocycles. The monoisotopic (exact) mass is 327 g/mol. The molecule has 4 rings (SSSR count). The van der Waals surface area contributed by atoms with Crippen molar-refractivity contribution in [2.24, 2.45) is 0 Å². The van der Waals surface area contributed by atoms with E-state index in [0.717, 1.165) is 33.7 Å². The first-order chi connectivity index (χ1) is 12.3. The number of allylic oxidation sites excluding steroid dienone is 1. The fraction of sp³-hybridized carbons (Fsp3) is 0.0909. The highest BCUT2D eigenvalue weighted by atomic mass is 16.5. The highest BCUT2D eigenvalue weighted by Crippen LogP contribution is 2.27. The molecule has 0 saturated heterocycles. The van der Waals surface area contributed by atoms with Crippen molar-refractivity contribution in [2.45, 2.75) is 13.0 Å². The molecule has 25 heavy (non-hydrogen) atoms. The first kappa shape index (κ1) is 15.3. The zero-order chi connectivity index (χ0) is 17.1. The normalized spacial score (nSPS) is 14.6. The molecule has 0 spiro atoms. The number of Topliss-reactive ketones (excluding diaryl/α,β-unsaturated/α-hetero) is 1. The van der Waals surface area contributed by atoms with E-state index in [1.54, 1.807) is 6.20 Å². The van der Waals surface area contributed by atoms with Crippen LogP contribution in [0, 0.1) is 0 Å². The van der Waals surface area contributed by atoms with E-state index in [2.05, 4.69) is 4.98 Å². The lowest BCUT2D eigenvalue weighted by atomic mass is 10.1. The van der Waals surface area contributed by atoms with Crippen LogP contribution in [0.25, 0.3) is 6.08 Å². The fourth-order valence-electron chi connectivity index (χ4n) is 2.97. The molecule has 0 radical (unpaired) electrons. The van der Waals surface area contributed by atoms with Gasteiger partial charge >= 0.3 is 0 Å². The van der Waals surface area contributed by atoms with E-state index in [4.69, 9.17) is 4.74 Å². The third kappa shape index (κ3) is 3.36. The minimum absolute atomic E-state index is 0.131. The zero-order valence-electron chi connectivity index (χ0n) is 13.7. The van der Waals surface area contributed by atoms with E-state index in [9.17, 15) is 4.79 Å². The minimum Gasteiger partial charge on any atom is -0.487 e. The van der Waals surface area contributed by atoms with Crippen LogP contribution in [0.3, 0.4) is 0 Å². The van der Waals surface area contributed by atoms with Crippen LogP contribution in [0.1, 0.15) is 27.2 Å². The van der Waals surface area contributed by atoms with Gasteiger partial charge in [0.25, 0.3) is 0 Å². The van der Waals surface area contributed by atoms with Gasteiger partial charge in [-0.25, -0.2) is 0 Å². The molecule has 1 heterocycles. The summed E-state index contributed by atoms with van der Waals surface area (Å²) in [6.07, 6.45) is 4.42. The molecule has 3 nitrogen and oxygen atoms in total. The molecule has 0 aliphatic heterocycles. The Kier molecular flexibility index (Phi) is 4.13. The maximum Gasteiger partial charge on any atom is 0.189 e. The number of benzene rings is 2. The summed E-state index contributed by atoms with van der Waals surface area (Å²) in [7, 11) is 0. The van der Waals surface area contributed by atoms with Gasteiger partial charge in [0.2, 0.25) is 0 Å². The summed E-state index contributed by atoms with van der Waals surface area (Å²) < 4.78 is 5.74. The molecule has 0 N–H and O–H groups in total. The number of carbonyl (C=O) groups is 1. The van der Waals surface area contributed by atoms with E-state index in [1.165, 1.54) is 0 Å². The number of hydrogen-bond acceptors (Lipinski definition) is 3. The van der Waals surface area contributed by atoms with E-state index in [0.29, 0.717) is 13.0 Å². The van der Waals surface area contributed by atoms with Gasteiger partial charge in [0.1, 0.15) is 12.4 Å². The molecule has 2 aromatic carbocycles.